The molecule has 180 valence electrons. The Bertz CT molecular complexity index is 1570. The summed E-state index contributed by atoms with van der Waals surface area (Å²) in [5, 5.41) is 3.61. The third kappa shape index (κ3) is 3.85. The fourth-order valence-corrected chi connectivity index (χ4v) is 4.45. The van der Waals surface area contributed by atoms with E-state index in [1.165, 1.54) is 27.4 Å². The number of aromatic amines is 1. The van der Waals surface area contributed by atoms with Gasteiger partial charge in [0.2, 0.25) is 0 Å². The number of nitrogens with one attached hydrogen (secondary N) is 1. The number of carbonyl (C=O) groups is 2. The van der Waals surface area contributed by atoms with Crippen molar-refractivity contribution in [2.24, 2.45) is 0 Å². The zero-order valence-electron chi connectivity index (χ0n) is 19.2. The first-order chi connectivity index (χ1) is 17.4. The molecule has 0 unspecified atom stereocenters. The lowest BCUT2D eigenvalue weighted by molar-refractivity contribution is -0.576. The Kier molecular flexibility index (Phi) is 6.12. The predicted molar refractivity (Wildman–Crippen MR) is 134 cm³/mol. The maximum atomic E-state index is 14.7. The molecule has 2 aromatic carbocycles. The molecular weight excluding hydrogens is 483 g/mol. The van der Waals surface area contributed by atoms with Crippen molar-refractivity contribution in [3.8, 4) is 5.69 Å². The highest BCUT2D eigenvalue weighted by molar-refractivity contribution is 6.53. The smallest absolute Gasteiger partial charge is 0.294 e. The lowest BCUT2D eigenvalue weighted by Crippen LogP contribution is -2.39. The number of amides is 2. The van der Waals surface area contributed by atoms with Crippen LogP contribution in [0.5, 0.6) is 0 Å². The van der Waals surface area contributed by atoms with Gasteiger partial charge in [0.25, 0.3) is 17.2 Å². The maximum Gasteiger partial charge on any atom is 0.331 e. The van der Waals surface area contributed by atoms with Crippen molar-refractivity contribution in [3.05, 3.63) is 112 Å². The Morgan fingerprint density at radius 3 is 2.28 bits per heavy atom. The van der Waals surface area contributed by atoms with Crippen LogP contribution in [0.2, 0.25) is 5.02 Å². The minimum absolute atomic E-state index is 0.0273. The van der Waals surface area contributed by atoms with Crippen molar-refractivity contribution in [1.82, 2.24) is 9.78 Å². The monoisotopic (exact) mass is 503 g/mol. The third-order valence-electron chi connectivity index (χ3n) is 5.93. The molecule has 0 radical (unpaired) electrons. The number of benzene rings is 2. The number of pyridine rings is 1. The molecule has 3 heterocycles. The normalized spacial score (nSPS) is 13.7. The Morgan fingerprint density at radius 1 is 0.917 bits per heavy atom. The highest BCUT2D eigenvalue weighted by atomic mass is 35.5. The second kappa shape index (κ2) is 9.39. The Balaban J connectivity index is 1.78. The zero-order valence-corrected chi connectivity index (χ0v) is 20.0. The Morgan fingerprint density at radius 2 is 1.61 bits per heavy atom. The van der Waals surface area contributed by atoms with E-state index in [1.54, 1.807) is 60.9 Å². The largest absolute Gasteiger partial charge is 0.331 e. The summed E-state index contributed by atoms with van der Waals surface area (Å²) in [6, 6.07) is 17.4. The molecule has 0 fully saturated rings. The first-order valence-corrected chi connectivity index (χ1v) is 11.7. The van der Waals surface area contributed by atoms with Gasteiger partial charge in [0, 0.05) is 22.8 Å². The highest BCUT2D eigenvalue weighted by Crippen LogP contribution is 2.34. The minimum atomic E-state index is -0.770. The summed E-state index contributed by atoms with van der Waals surface area (Å²) < 4.78 is 17.5. The van der Waals surface area contributed by atoms with Crippen LogP contribution in [0.1, 0.15) is 24.6 Å². The molecule has 1 N–H and O–H groups in total. The lowest BCUT2D eigenvalue weighted by Gasteiger charge is -2.14. The van der Waals surface area contributed by atoms with Crippen LogP contribution in [-0.2, 0) is 16.0 Å². The van der Waals surface area contributed by atoms with Crippen LogP contribution in [0, 0.1) is 5.82 Å². The van der Waals surface area contributed by atoms with Gasteiger partial charge >= 0.3 is 5.91 Å². The summed E-state index contributed by atoms with van der Waals surface area (Å²) in [6.45, 7) is 1.94. The lowest BCUT2D eigenvalue weighted by atomic mass is 10.0. The molecule has 0 atom stereocenters. The molecule has 1 aliphatic heterocycles. The van der Waals surface area contributed by atoms with Crippen LogP contribution in [0.15, 0.2) is 83.9 Å². The van der Waals surface area contributed by atoms with Gasteiger partial charge in [-0.15, -0.1) is 0 Å². The van der Waals surface area contributed by atoms with E-state index in [9.17, 15) is 18.8 Å². The number of para-hydroxylation sites is 1. The summed E-state index contributed by atoms with van der Waals surface area (Å²) in [4.78, 5) is 42.1. The minimum Gasteiger partial charge on any atom is -0.294 e. The van der Waals surface area contributed by atoms with Crippen LogP contribution in [0.25, 0.3) is 17.0 Å². The molecule has 0 spiro atoms. The highest BCUT2D eigenvalue weighted by Gasteiger charge is 2.48. The van der Waals surface area contributed by atoms with Gasteiger partial charge in [0.1, 0.15) is 11.4 Å². The number of imide groups is 1. The van der Waals surface area contributed by atoms with Crippen LogP contribution in [-0.4, -0.2) is 21.6 Å². The fourth-order valence-electron chi connectivity index (χ4n) is 4.33. The second-order valence-corrected chi connectivity index (χ2v) is 8.67. The van der Waals surface area contributed by atoms with E-state index < -0.39 is 23.2 Å². The van der Waals surface area contributed by atoms with Gasteiger partial charge in [-0.2, -0.15) is 4.57 Å². The van der Waals surface area contributed by atoms with Crippen molar-refractivity contribution in [1.29, 1.82) is 0 Å². The SMILES string of the molecule is CCCc1[nH]n(-c2ccc(Cl)cc2)c(=O)c1C1=C([n+]2ccccc2)C(=O)N(c2ccccc2F)C1=O. The van der Waals surface area contributed by atoms with Crippen LogP contribution in [0.3, 0.4) is 0 Å². The number of H-pyrrole nitrogens is 1. The molecule has 1 aliphatic rings. The van der Waals surface area contributed by atoms with Gasteiger partial charge in [-0.3, -0.25) is 19.5 Å². The van der Waals surface area contributed by atoms with E-state index in [2.05, 4.69) is 5.10 Å². The van der Waals surface area contributed by atoms with Gasteiger partial charge in [0.05, 0.1) is 16.9 Å². The summed E-state index contributed by atoms with van der Waals surface area (Å²) in [6.07, 6.45) is 4.33. The van der Waals surface area contributed by atoms with Crippen molar-refractivity contribution >= 4 is 40.4 Å². The van der Waals surface area contributed by atoms with Crippen LogP contribution < -0.4 is 15.0 Å². The number of rotatable bonds is 6. The molecule has 5 rings (SSSR count). The molecule has 2 amide bonds. The molecule has 0 saturated heterocycles. The van der Waals surface area contributed by atoms with E-state index in [4.69, 9.17) is 11.6 Å². The molecule has 2 aromatic heterocycles. The molecule has 4 aromatic rings. The van der Waals surface area contributed by atoms with Crippen molar-refractivity contribution in [3.63, 3.8) is 0 Å². The average molecular weight is 504 g/mol. The third-order valence-corrected chi connectivity index (χ3v) is 6.18. The van der Waals surface area contributed by atoms with Crippen molar-refractivity contribution in [2.45, 2.75) is 19.8 Å². The Hall–Kier alpha value is -4.30. The average Bonchev–Trinajstić information content (AvgIpc) is 3.33. The van der Waals surface area contributed by atoms with E-state index in [-0.39, 0.29) is 22.5 Å². The van der Waals surface area contributed by atoms with Gasteiger partial charge in [-0.05, 0) is 42.8 Å². The van der Waals surface area contributed by atoms with E-state index >= 15 is 0 Å². The molecule has 0 saturated carbocycles. The topological polar surface area (TPSA) is 79.1 Å². The van der Waals surface area contributed by atoms with E-state index in [0.717, 1.165) is 4.90 Å². The van der Waals surface area contributed by atoms with Gasteiger partial charge in [-0.25, -0.2) is 14.0 Å². The van der Waals surface area contributed by atoms with Gasteiger partial charge in [0.15, 0.2) is 12.4 Å². The van der Waals surface area contributed by atoms with Crippen LogP contribution in [0.4, 0.5) is 10.1 Å². The first kappa shape index (κ1) is 23.4. The molecule has 7 nitrogen and oxygen atoms in total. The summed E-state index contributed by atoms with van der Waals surface area (Å²) >= 11 is 6.01. The number of anilines is 1. The predicted octanol–water partition coefficient (Wildman–Crippen LogP) is 4.14. The number of aromatic nitrogens is 3. The zero-order chi connectivity index (χ0) is 25.4. The Labute approximate surface area is 210 Å². The van der Waals surface area contributed by atoms with Crippen molar-refractivity contribution < 1.29 is 18.5 Å². The molecule has 0 aliphatic carbocycles. The standard InChI is InChI=1S/C27H20ClFN4O3/c1-2-8-20-22(26(35)33(30-20)18-13-11-17(28)12-14-18)23-24(31-15-6-3-7-16-31)27(36)32(25(23)34)21-10-5-4-9-19(21)29/h3-7,9-16H,2,8H2,1H3/p+1. The van der Waals surface area contributed by atoms with Gasteiger partial charge in [-0.1, -0.05) is 43.1 Å². The van der Waals surface area contributed by atoms with E-state index in [1.807, 2.05) is 6.92 Å². The van der Waals surface area contributed by atoms with Crippen molar-refractivity contribution in [2.75, 3.05) is 4.90 Å². The molecular formula is C27H21ClFN4O3+. The summed E-state index contributed by atoms with van der Waals surface area (Å²) in [7, 11) is 0. The number of nitrogens with zero attached hydrogens (tertiary/aromatic N) is 3. The fraction of sp³-hybridized carbons (Fsp3) is 0.111. The van der Waals surface area contributed by atoms with Crippen LogP contribution >= 0.6 is 11.6 Å². The number of hydrogen-bond donors (Lipinski definition) is 1. The molecule has 36 heavy (non-hydrogen) atoms. The number of aryl methyl sites for hydroxylation is 1. The number of halogens is 2. The number of carbonyl (C=O) groups excluding carboxylic acids is 2. The summed E-state index contributed by atoms with van der Waals surface area (Å²) in [5.41, 5.74) is 0.305. The maximum absolute atomic E-state index is 14.7. The second-order valence-electron chi connectivity index (χ2n) is 8.24. The number of hydrogen-bond acceptors (Lipinski definition) is 3. The molecule has 0 bridgehead atoms. The van der Waals surface area contributed by atoms with E-state index in [0.29, 0.717) is 29.2 Å². The first-order valence-electron chi connectivity index (χ1n) is 11.4. The van der Waals surface area contributed by atoms with Gasteiger partial charge < -0.3 is 0 Å². The summed E-state index contributed by atoms with van der Waals surface area (Å²) in [5.74, 6) is -2.22. The quantitative estimate of drug-likeness (QED) is 0.317. The molecule has 9 heteroatoms.